The van der Waals surface area contributed by atoms with Gasteiger partial charge in [0, 0.05) is 38.1 Å². The monoisotopic (exact) mass is 414 g/mol. The minimum Gasteiger partial charge on any atom is -0.366 e. The Labute approximate surface area is 161 Å². The van der Waals surface area contributed by atoms with Crippen molar-refractivity contribution in [1.82, 2.24) is 19.6 Å². The van der Waals surface area contributed by atoms with E-state index < -0.39 is 0 Å². The molecule has 26 heavy (non-hydrogen) atoms. The van der Waals surface area contributed by atoms with Crippen LogP contribution in [-0.2, 0) is 6.54 Å². The molecule has 6 nitrogen and oxygen atoms in total. The molecule has 0 bridgehead atoms. The van der Waals surface area contributed by atoms with Gasteiger partial charge in [0.25, 0.3) is 0 Å². The molecule has 1 fully saturated rings. The van der Waals surface area contributed by atoms with E-state index in [-0.39, 0.29) is 0 Å². The number of halogens is 1. The number of pyridine rings is 1. The van der Waals surface area contributed by atoms with Crippen LogP contribution in [0, 0.1) is 0 Å². The van der Waals surface area contributed by atoms with E-state index in [1.54, 1.807) is 12.4 Å². The van der Waals surface area contributed by atoms with E-state index in [0.29, 0.717) is 12.6 Å². The van der Waals surface area contributed by atoms with Crippen LogP contribution in [0.2, 0.25) is 0 Å². The number of anilines is 2. The predicted octanol–water partition coefficient (Wildman–Crippen LogP) is 4.27. The van der Waals surface area contributed by atoms with Crippen LogP contribution >= 0.6 is 15.9 Å². The normalized spacial score (nSPS) is 15.3. The molecule has 0 unspecified atom stereocenters. The van der Waals surface area contributed by atoms with Crippen molar-refractivity contribution >= 4 is 33.2 Å². The van der Waals surface area contributed by atoms with Gasteiger partial charge in [0.05, 0.1) is 10.7 Å². The Kier molecular flexibility index (Phi) is 5.06. The van der Waals surface area contributed by atoms with E-state index >= 15 is 0 Å². The average Bonchev–Trinajstić information content (AvgIpc) is 3.08. The van der Waals surface area contributed by atoms with Crippen molar-refractivity contribution in [2.75, 3.05) is 17.3 Å². The molecule has 7 heteroatoms. The van der Waals surface area contributed by atoms with Crippen LogP contribution in [0.4, 0.5) is 11.6 Å². The summed E-state index contributed by atoms with van der Waals surface area (Å²) in [6, 6.07) is 6.67. The van der Waals surface area contributed by atoms with E-state index in [4.69, 9.17) is 4.98 Å². The first kappa shape index (κ1) is 17.3. The summed E-state index contributed by atoms with van der Waals surface area (Å²) in [6.45, 7) is 0.691. The first-order chi connectivity index (χ1) is 12.7. The first-order valence-electron chi connectivity index (χ1n) is 9.12. The van der Waals surface area contributed by atoms with Crippen molar-refractivity contribution in [3.05, 3.63) is 46.8 Å². The molecular weight excluding hydrogens is 392 g/mol. The van der Waals surface area contributed by atoms with E-state index in [2.05, 4.69) is 55.4 Å². The standard InChI is InChI=1S/C19H23BrN6/c1-25(15-7-3-2-4-8-15)18-10-17(22-12-14-6-5-9-21-11-14)26-19(24-18)16(20)13-23-26/h5-6,9-11,13,15,22H,2-4,7-8,12H2,1H3. The van der Waals surface area contributed by atoms with Gasteiger partial charge in [-0.2, -0.15) is 9.61 Å². The van der Waals surface area contributed by atoms with Gasteiger partial charge in [-0.3, -0.25) is 4.98 Å². The van der Waals surface area contributed by atoms with E-state index in [1.165, 1.54) is 32.1 Å². The molecule has 0 amide bonds. The van der Waals surface area contributed by atoms with Gasteiger partial charge in [0.1, 0.15) is 11.6 Å². The Bertz CT molecular complexity index is 872. The zero-order valence-corrected chi connectivity index (χ0v) is 16.5. The summed E-state index contributed by atoms with van der Waals surface area (Å²) in [4.78, 5) is 11.4. The number of fused-ring (bicyclic) bond motifs is 1. The molecule has 3 aromatic heterocycles. The number of aromatic nitrogens is 4. The third kappa shape index (κ3) is 3.53. The smallest absolute Gasteiger partial charge is 0.173 e. The first-order valence-corrected chi connectivity index (χ1v) is 9.91. The summed E-state index contributed by atoms with van der Waals surface area (Å²) in [5.41, 5.74) is 1.96. The van der Waals surface area contributed by atoms with Gasteiger partial charge in [-0.05, 0) is 40.4 Å². The maximum absolute atomic E-state index is 4.85. The van der Waals surface area contributed by atoms with Crippen LogP contribution < -0.4 is 10.2 Å². The molecule has 3 heterocycles. The fraction of sp³-hybridized carbons (Fsp3) is 0.421. The number of nitrogens with zero attached hydrogens (tertiary/aromatic N) is 5. The summed E-state index contributed by atoms with van der Waals surface area (Å²) in [7, 11) is 2.16. The molecule has 1 saturated carbocycles. The minimum atomic E-state index is 0.562. The molecule has 0 saturated heterocycles. The Hall–Kier alpha value is -2.15. The Balaban J connectivity index is 1.64. The lowest BCUT2D eigenvalue weighted by atomic mass is 9.94. The van der Waals surface area contributed by atoms with Crippen LogP contribution in [0.15, 0.2) is 41.3 Å². The van der Waals surface area contributed by atoms with Crippen LogP contribution in [0.25, 0.3) is 5.65 Å². The lowest BCUT2D eigenvalue weighted by molar-refractivity contribution is 0.426. The van der Waals surface area contributed by atoms with Crippen molar-refractivity contribution in [3.63, 3.8) is 0 Å². The summed E-state index contributed by atoms with van der Waals surface area (Å²) in [5, 5.41) is 7.94. The third-order valence-corrected chi connectivity index (χ3v) is 5.65. The predicted molar refractivity (Wildman–Crippen MR) is 108 cm³/mol. The molecule has 1 aliphatic rings. The number of nitrogens with one attached hydrogen (secondary N) is 1. The Morgan fingerprint density at radius 2 is 2.12 bits per heavy atom. The van der Waals surface area contributed by atoms with Crippen molar-refractivity contribution in [1.29, 1.82) is 0 Å². The highest BCUT2D eigenvalue weighted by atomic mass is 79.9. The summed E-state index contributed by atoms with van der Waals surface area (Å²) in [6.07, 6.45) is 11.9. The van der Waals surface area contributed by atoms with Gasteiger partial charge in [0.2, 0.25) is 0 Å². The topological polar surface area (TPSA) is 58.4 Å². The molecule has 0 atom stereocenters. The summed E-state index contributed by atoms with van der Waals surface area (Å²) in [5.74, 6) is 1.92. The lowest BCUT2D eigenvalue weighted by Gasteiger charge is -2.32. The molecule has 4 rings (SSSR count). The fourth-order valence-corrected chi connectivity index (χ4v) is 3.93. The summed E-state index contributed by atoms with van der Waals surface area (Å²) < 4.78 is 2.75. The second kappa shape index (κ2) is 7.61. The lowest BCUT2D eigenvalue weighted by Crippen LogP contribution is -2.34. The zero-order valence-electron chi connectivity index (χ0n) is 14.9. The van der Waals surface area contributed by atoms with Crippen LogP contribution in [0.5, 0.6) is 0 Å². The van der Waals surface area contributed by atoms with Gasteiger partial charge in [-0.15, -0.1) is 0 Å². The van der Waals surface area contributed by atoms with E-state index in [0.717, 1.165) is 27.3 Å². The van der Waals surface area contributed by atoms with E-state index in [1.807, 2.05) is 16.8 Å². The third-order valence-electron chi connectivity index (χ3n) is 5.10. The van der Waals surface area contributed by atoms with Gasteiger partial charge in [-0.25, -0.2) is 4.98 Å². The molecular formula is C19H23BrN6. The molecule has 0 aliphatic heterocycles. The molecule has 1 N–H and O–H groups in total. The van der Waals surface area contributed by atoms with Gasteiger partial charge < -0.3 is 10.2 Å². The number of rotatable bonds is 5. The second-order valence-corrected chi connectivity index (χ2v) is 7.70. The number of hydrogen-bond acceptors (Lipinski definition) is 5. The van der Waals surface area contributed by atoms with E-state index in [9.17, 15) is 0 Å². The molecule has 1 aliphatic carbocycles. The van der Waals surface area contributed by atoms with Gasteiger partial charge in [-0.1, -0.05) is 25.3 Å². The zero-order chi connectivity index (χ0) is 17.9. The SMILES string of the molecule is CN(c1cc(NCc2cccnc2)n2ncc(Br)c2n1)C1CCCCC1. The van der Waals surface area contributed by atoms with Crippen LogP contribution in [0.1, 0.15) is 37.7 Å². The average molecular weight is 415 g/mol. The van der Waals surface area contributed by atoms with Crippen molar-refractivity contribution in [2.45, 2.75) is 44.7 Å². The van der Waals surface area contributed by atoms with Crippen molar-refractivity contribution < 1.29 is 0 Å². The van der Waals surface area contributed by atoms with Crippen LogP contribution in [-0.4, -0.2) is 32.7 Å². The molecule has 0 aromatic carbocycles. The maximum Gasteiger partial charge on any atom is 0.173 e. The highest BCUT2D eigenvalue weighted by Gasteiger charge is 2.21. The highest BCUT2D eigenvalue weighted by Crippen LogP contribution is 2.29. The molecule has 0 radical (unpaired) electrons. The summed E-state index contributed by atoms with van der Waals surface area (Å²) >= 11 is 3.57. The fourth-order valence-electron chi connectivity index (χ4n) is 3.58. The Morgan fingerprint density at radius 1 is 1.27 bits per heavy atom. The maximum atomic E-state index is 4.85. The minimum absolute atomic E-state index is 0.562. The van der Waals surface area contributed by atoms with Crippen LogP contribution in [0.3, 0.4) is 0 Å². The Morgan fingerprint density at radius 3 is 2.88 bits per heavy atom. The molecule has 136 valence electrons. The highest BCUT2D eigenvalue weighted by molar-refractivity contribution is 9.10. The largest absolute Gasteiger partial charge is 0.366 e. The quantitative estimate of drug-likeness (QED) is 0.675. The van der Waals surface area contributed by atoms with Gasteiger partial charge >= 0.3 is 0 Å². The number of hydrogen-bond donors (Lipinski definition) is 1. The van der Waals surface area contributed by atoms with Crippen molar-refractivity contribution in [2.24, 2.45) is 0 Å². The molecule has 3 aromatic rings. The molecule has 0 spiro atoms. The second-order valence-electron chi connectivity index (χ2n) is 6.85. The van der Waals surface area contributed by atoms with Gasteiger partial charge in [0.15, 0.2) is 5.65 Å². The van der Waals surface area contributed by atoms with Crippen molar-refractivity contribution in [3.8, 4) is 0 Å².